The molecule has 19 heavy (non-hydrogen) atoms. The molecule has 1 amide bonds. The number of rotatable bonds is 4. The molecule has 1 atom stereocenters. The summed E-state index contributed by atoms with van der Waals surface area (Å²) in [4.78, 5) is 13.7. The monoisotopic (exact) mass is 328 g/mol. The Morgan fingerprint density at radius 1 is 1.53 bits per heavy atom. The fraction of sp³-hybridized carbons (Fsp3) is 0.692. The lowest BCUT2D eigenvalue weighted by Crippen LogP contribution is -2.47. The summed E-state index contributed by atoms with van der Waals surface area (Å²) in [6, 6.07) is -0.138. The first-order valence-corrected chi connectivity index (χ1v) is 7.59. The molecule has 0 saturated carbocycles. The second-order valence-corrected chi connectivity index (χ2v) is 5.84. The first kappa shape index (κ1) is 14.5. The maximum atomic E-state index is 11.5. The molecule has 1 aliphatic rings. The number of aryl methyl sites for hydroxylation is 2. The minimum Gasteiger partial charge on any atom is -0.368 e. The van der Waals surface area contributed by atoms with Gasteiger partial charge in [0.05, 0.1) is 21.9 Å². The van der Waals surface area contributed by atoms with E-state index >= 15 is 0 Å². The van der Waals surface area contributed by atoms with Gasteiger partial charge in [0, 0.05) is 13.1 Å². The van der Waals surface area contributed by atoms with E-state index in [1.54, 1.807) is 0 Å². The molecule has 5 nitrogen and oxygen atoms in total. The Kier molecular flexibility index (Phi) is 4.62. The molecule has 1 aromatic rings. The van der Waals surface area contributed by atoms with Crippen LogP contribution in [-0.2, 0) is 17.9 Å². The van der Waals surface area contributed by atoms with Gasteiger partial charge >= 0.3 is 0 Å². The smallest absolute Gasteiger partial charge is 0.234 e. The molecule has 1 unspecified atom stereocenters. The lowest BCUT2D eigenvalue weighted by Gasteiger charge is -2.33. The van der Waals surface area contributed by atoms with E-state index in [4.69, 9.17) is 5.73 Å². The quantitative estimate of drug-likeness (QED) is 0.916. The molecule has 106 valence electrons. The minimum atomic E-state index is -0.213. The lowest BCUT2D eigenvalue weighted by atomic mass is 10.0. The molecular weight excluding hydrogens is 308 g/mol. The fourth-order valence-corrected chi connectivity index (χ4v) is 3.12. The highest BCUT2D eigenvalue weighted by Crippen LogP contribution is 2.25. The van der Waals surface area contributed by atoms with E-state index in [1.807, 2.05) is 11.6 Å². The van der Waals surface area contributed by atoms with Crippen LogP contribution < -0.4 is 5.73 Å². The summed E-state index contributed by atoms with van der Waals surface area (Å²) in [7, 11) is 0. The molecule has 1 aromatic heterocycles. The third-order valence-electron chi connectivity index (χ3n) is 3.75. The van der Waals surface area contributed by atoms with Crippen molar-refractivity contribution in [3.63, 3.8) is 0 Å². The highest BCUT2D eigenvalue weighted by Gasteiger charge is 2.28. The SMILES string of the molecule is CCn1nc(C)c(Br)c1CN1CCCCC1C(N)=O. The van der Waals surface area contributed by atoms with E-state index in [9.17, 15) is 4.79 Å². The number of likely N-dealkylation sites (tertiary alicyclic amines) is 1. The van der Waals surface area contributed by atoms with Crippen LogP contribution in [0.25, 0.3) is 0 Å². The molecule has 0 bridgehead atoms. The highest BCUT2D eigenvalue weighted by molar-refractivity contribution is 9.10. The van der Waals surface area contributed by atoms with Crippen molar-refractivity contribution in [2.45, 2.75) is 52.2 Å². The average Bonchev–Trinajstić information content (AvgIpc) is 2.67. The predicted octanol–water partition coefficient (Wildman–Crippen LogP) is 1.81. The third kappa shape index (κ3) is 3.00. The van der Waals surface area contributed by atoms with Gasteiger partial charge in [0.2, 0.25) is 5.91 Å². The first-order valence-electron chi connectivity index (χ1n) is 6.79. The van der Waals surface area contributed by atoms with Crippen LogP contribution in [-0.4, -0.2) is 33.2 Å². The van der Waals surface area contributed by atoms with Crippen molar-refractivity contribution in [2.75, 3.05) is 6.54 Å². The van der Waals surface area contributed by atoms with Crippen molar-refractivity contribution in [3.05, 3.63) is 15.9 Å². The number of carbonyl (C=O) groups is 1. The molecule has 0 radical (unpaired) electrons. The number of primary amides is 1. The van der Waals surface area contributed by atoms with Crippen LogP contribution in [0.2, 0.25) is 0 Å². The van der Waals surface area contributed by atoms with Crippen LogP contribution in [0, 0.1) is 6.92 Å². The molecule has 0 aliphatic carbocycles. The molecule has 0 aromatic carbocycles. The maximum Gasteiger partial charge on any atom is 0.234 e. The normalized spacial score (nSPS) is 20.7. The molecule has 1 aliphatic heterocycles. The summed E-state index contributed by atoms with van der Waals surface area (Å²) >= 11 is 3.60. The second kappa shape index (κ2) is 6.05. The number of hydrogen-bond donors (Lipinski definition) is 1. The highest BCUT2D eigenvalue weighted by atomic mass is 79.9. The number of aromatic nitrogens is 2. The van der Waals surface area contributed by atoms with Crippen LogP contribution in [0.4, 0.5) is 0 Å². The number of carbonyl (C=O) groups excluding carboxylic acids is 1. The second-order valence-electron chi connectivity index (χ2n) is 5.05. The summed E-state index contributed by atoms with van der Waals surface area (Å²) in [6.07, 6.45) is 3.07. The molecule has 1 saturated heterocycles. The van der Waals surface area contributed by atoms with Gasteiger partial charge in [-0.25, -0.2) is 0 Å². The number of hydrogen-bond acceptors (Lipinski definition) is 3. The molecule has 2 N–H and O–H groups in total. The van der Waals surface area contributed by atoms with Crippen LogP contribution in [0.1, 0.15) is 37.6 Å². The fourth-order valence-electron chi connectivity index (χ4n) is 2.71. The number of nitrogens with zero attached hydrogens (tertiary/aromatic N) is 3. The summed E-state index contributed by atoms with van der Waals surface area (Å²) in [5, 5.41) is 4.49. The van der Waals surface area contributed by atoms with Gasteiger partial charge in [-0.3, -0.25) is 14.4 Å². The van der Waals surface area contributed by atoms with Crippen molar-refractivity contribution >= 4 is 21.8 Å². The van der Waals surface area contributed by atoms with Crippen LogP contribution in [0.5, 0.6) is 0 Å². The largest absolute Gasteiger partial charge is 0.368 e. The molecule has 2 heterocycles. The summed E-state index contributed by atoms with van der Waals surface area (Å²) in [6.45, 7) is 6.54. The Balaban J connectivity index is 2.21. The zero-order valence-electron chi connectivity index (χ0n) is 11.5. The Hall–Kier alpha value is -0.880. The van der Waals surface area contributed by atoms with E-state index < -0.39 is 0 Å². The zero-order chi connectivity index (χ0) is 14.0. The number of nitrogens with two attached hydrogens (primary N) is 1. The van der Waals surface area contributed by atoms with E-state index in [-0.39, 0.29) is 11.9 Å². The number of halogens is 1. The van der Waals surface area contributed by atoms with Crippen molar-refractivity contribution in [1.82, 2.24) is 14.7 Å². The van der Waals surface area contributed by atoms with Crippen molar-refractivity contribution in [1.29, 1.82) is 0 Å². The number of piperidine rings is 1. The van der Waals surface area contributed by atoms with Crippen molar-refractivity contribution in [3.8, 4) is 0 Å². The van der Waals surface area contributed by atoms with E-state index in [0.717, 1.165) is 54.8 Å². The van der Waals surface area contributed by atoms with Crippen molar-refractivity contribution in [2.24, 2.45) is 5.73 Å². The predicted molar refractivity (Wildman–Crippen MR) is 77.6 cm³/mol. The molecule has 0 spiro atoms. The van der Waals surface area contributed by atoms with Crippen LogP contribution in [0.3, 0.4) is 0 Å². The van der Waals surface area contributed by atoms with Gasteiger partial charge in [-0.05, 0) is 49.2 Å². The summed E-state index contributed by atoms with van der Waals surface area (Å²) < 4.78 is 3.04. The zero-order valence-corrected chi connectivity index (χ0v) is 13.1. The first-order chi connectivity index (χ1) is 9.04. The van der Waals surface area contributed by atoms with E-state index in [1.165, 1.54) is 0 Å². The van der Waals surface area contributed by atoms with Crippen LogP contribution in [0.15, 0.2) is 4.47 Å². The minimum absolute atomic E-state index is 0.138. The number of amides is 1. The van der Waals surface area contributed by atoms with E-state index in [2.05, 4.69) is 32.9 Å². The summed E-state index contributed by atoms with van der Waals surface area (Å²) in [5.41, 5.74) is 7.63. The van der Waals surface area contributed by atoms with Gasteiger partial charge in [-0.15, -0.1) is 0 Å². The Morgan fingerprint density at radius 3 is 2.89 bits per heavy atom. The third-order valence-corrected chi connectivity index (χ3v) is 4.78. The molecule has 2 rings (SSSR count). The maximum absolute atomic E-state index is 11.5. The van der Waals surface area contributed by atoms with Gasteiger partial charge < -0.3 is 5.73 Å². The van der Waals surface area contributed by atoms with Gasteiger partial charge in [-0.2, -0.15) is 5.10 Å². The molecular formula is C13H21BrN4O. The standard InChI is InChI=1S/C13H21BrN4O/c1-3-18-11(12(14)9(2)16-18)8-17-7-5-4-6-10(17)13(15)19/h10H,3-8H2,1-2H3,(H2,15,19). The van der Waals surface area contributed by atoms with Gasteiger partial charge in [0.15, 0.2) is 0 Å². The van der Waals surface area contributed by atoms with Gasteiger partial charge in [0.25, 0.3) is 0 Å². The Morgan fingerprint density at radius 2 is 2.26 bits per heavy atom. The van der Waals surface area contributed by atoms with Crippen molar-refractivity contribution < 1.29 is 4.79 Å². The van der Waals surface area contributed by atoms with Crippen LogP contribution >= 0.6 is 15.9 Å². The van der Waals surface area contributed by atoms with E-state index in [0.29, 0.717) is 0 Å². The van der Waals surface area contributed by atoms with Gasteiger partial charge in [0.1, 0.15) is 0 Å². The summed E-state index contributed by atoms with van der Waals surface area (Å²) in [5.74, 6) is -0.213. The molecule has 6 heteroatoms. The average molecular weight is 329 g/mol. The van der Waals surface area contributed by atoms with Gasteiger partial charge in [-0.1, -0.05) is 6.42 Å². The topological polar surface area (TPSA) is 64.2 Å². The lowest BCUT2D eigenvalue weighted by molar-refractivity contribution is -0.124. The Labute approximate surface area is 122 Å². The molecule has 1 fully saturated rings. The Bertz CT molecular complexity index is 471.